The third-order valence-corrected chi connectivity index (χ3v) is 1.80. The van der Waals surface area contributed by atoms with E-state index in [2.05, 4.69) is 6.08 Å². The van der Waals surface area contributed by atoms with Crippen LogP contribution in [0.3, 0.4) is 0 Å². The summed E-state index contributed by atoms with van der Waals surface area (Å²) in [7, 11) is 0. The number of hydrogen-bond donors (Lipinski definition) is 0. The fourth-order valence-electron chi connectivity index (χ4n) is 1.21. The molecule has 54 valence electrons. The second-order valence-electron chi connectivity index (χ2n) is 2.54. The van der Waals surface area contributed by atoms with Gasteiger partial charge in [-0.15, -0.1) is 0 Å². The van der Waals surface area contributed by atoms with Crippen molar-refractivity contribution >= 4 is 5.91 Å². The molecule has 2 aliphatic heterocycles. The Morgan fingerprint density at radius 1 is 1.70 bits per heavy atom. The molecular weight excluding hydrogens is 130 g/mol. The van der Waals surface area contributed by atoms with E-state index in [1.54, 1.807) is 0 Å². The molecule has 10 heavy (non-hydrogen) atoms. The lowest BCUT2D eigenvalue weighted by molar-refractivity contribution is -0.217. The van der Waals surface area contributed by atoms with Crippen molar-refractivity contribution in [2.24, 2.45) is 0 Å². The highest BCUT2D eigenvalue weighted by atomic mass is 16.7. The molecule has 2 heterocycles. The Kier molecular flexibility index (Phi) is 1.24. The molecule has 0 aromatic rings. The summed E-state index contributed by atoms with van der Waals surface area (Å²) in [5.74, 6) is 0.108. The van der Waals surface area contributed by atoms with Gasteiger partial charge in [-0.05, 0) is 6.42 Å². The zero-order chi connectivity index (χ0) is 6.97. The first-order valence-electron chi connectivity index (χ1n) is 3.49. The molecule has 2 rings (SSSR count). The molecular formula is C7H9NO2. The molecule has 1 amide bonds. The van der Waals surface area contributed by atoms with Crippen molar-refractivity contribution in [1.82, 2.24) is 5.06 Å². The Labute approximate surface area is 59.2 Å². The first-order chi connectivity index (χ1) is 4.88. The molecule has 3 nitrogen and oxygen atoms in total. The molecule has 0 saturated carbocycles. The van der Waals surface area contributed by atoms with Crippen LogP contribution in [0.4, 0.5) is 0 Å². The average Bonchev–Trinajstić information content (AvgIpc) is 2.09. The van der Waals surface area contributed by atoms with E-state index >= 15 is 0 Å². The SMILES string of the molecule is O=C1CC2C=CCCON12. The molecule has 0 bridgehead atoms. The summed E-state index contributed by atoms with van der Waals surface area (Å²) in [6, 6.07) is 0.231. The van der Waals surface area contributed by atoms with Crippen molar-refractivity contribution in [1.29, 1.82) is 0 Å². The van der Waals surface area contributed by atoms with Crippen LogP contribution in [0.25, 0.3) is 0 Å². The monoisotopic (exact) mass is 139 g/mol. The Morgan fingerprint density at radius 3 is 3.40 bits per heavy atom. The highest BCUT2D eigenvalue weighted by Gasteiger charge is 2.36. The van der Waals surface area contributed by atoms with Crippen LogP contribution in [0.2, 0.25) is 0 Å². The molecule has 0 aromatic carbocycles. The number of rotatable bonds is 0. The van der Waals surface area contributed by atoms with Crippen molar-refractivity contribution in [2.75, 3.05) is 6.61 Å². The van der Waals surface area contributed by atoms with E-state index in [-0.39, 0.29) is 11.9 Å². The van der Waals surface area contributed by atoms with Crippen LogP contribution in [0.5, 0.6) is 0 Å². The number of carbonyl (C=O) groups excluding carboxylic acids is 1. The molecule has 2 aliphatic rings. The average molecular weight is 139 g/mol. The molecule has 0 N–H and O–H groups in total. The van der Waals surface area contributed by atoms with Gasteiger partial charge in [-0.25, -0.2) is 5.06 Å². The maximum Gasteiger partial charge on any atom is 0.249 e. The Balaban J connectivity index is 2.09. The van der Waals surface area contributed by atoms with Crippen LogP contribution in [-0.4, -0.2) is 23.6 Å². The molecule has 0 aliphatic carbocycles. The van der Waals surface area contributed by atoms with Gasteiger partial charge >= 0.3 is 0 Å². The number of hydroxylamine groups is 2. The predicted molar refractivity (Wildman–Crippen MR) is 35.0 cm³/mol. The molecule has 1 atom stereocenters. The van der Waals surface area contributed by atoms with E-state index in [0.717, 1.165) is 6.42 Å². The van der Waals surface area contributed by atoms with E-state index in [0.29, 0.717) is 13.0 Å². The molecule has 0 aromatic heterocycles. The van der Waals surface area contributed by atoms with Gasteiger partial charge in [0, 0.05) is 0 Å². The highest BCUT2D eigenvalue weighted by Crippen LogP contribution is 2.22. The minimum Gasteiger partial charge on any atom is -0.272 e. The van der Waals surface area contributed by atoms with Crippen molar-refractivity contribution in [3.8, 4) is 0 Å². The van der Waals surface area contributed by atoms with Crippen LogP contribution in [0.15, 0.2) is 12.2 Å². The van der Waals surface area contributed by atoms with E-state index in [1.165, 1.54) is 5.06 Å². The quantitative estimate of drug-likeness (QED) is 0.361. The highest BCUT2D eigenvalue weighted by molar-refractivity contribution is 5.82. The summed E-state index contributed by atoms with van der Waals surface area (Å²) >= 11 is 0. The minimum absolute atomic E-state index is 0.108. The molecule has 0 spiro atoms. The van der Waals surface area contributed by atoms with Crippen LogP contribution < -0.4 is 0 Å². The van der Waals surface area contributed by atoms with Crippen molar-refractivity contribution in [3.63, 3.8) is 0 Å². The van der Waals surface area contributed by atoms with Crippen molar-refractivity contribution < 1.29 is 9.63 Å². The minimum atomic E-state index is 0.108. The smallest absolute Gasteiger partial charge is 0.249 e. The first-order valence-corrected chi connectivity index (χ1v) is 3.49. The standard InChI is InChI=1S/C7H9NO2/c9-7-5-6-3-1-2-4-10-8(6)7/h1,3,6H,2,4-5H2. The molecule has 1 fully saturated rings. The summed E-state index contributed by atoms with van der Waals surface area (Å²) in [5, 5.41) is 1.46. The van der Waals surface area contributed by atoms with E-state index in [9.17, 15) is 4.79 Å². The maximum atomic E-state index is 10.8. The summed E-state index contributed by atoms with van der Waals surface area (Å²) in [5.41, 5.74) is 0. The lowest BCUT2D eigenvalue weighted by atomic mass is 10.1. The number of nitrogens with zero attached hydrogens (tertiary/aromatic N) is 1. The summed E-state index contributed by atoms with van der Waals surface area (Å²) in [6.45, 7) is 0.638. The third kappa shape index (κ3) is 0.743. The lowest BCUT2D eigenvalue weighted by Crippen LogP contribution is -2.50. The molecule has 3 heteroatoms. The maximum absolute atomic E-state index is 10.8. The number of amides is 1. The lowest BCUT2D eigenvalue weighted by Gasteiger charge is -2.35. The van der Waals surface area contributed by atoms with E-state index in [1.807, 2.05) is 6.08 Å². The number of fused-ring (bicyclic) bond motifs is 1. The van der Waals surface area contributed by atoms with Gasteiger partial charge in [0.05, 0.1) is 19.1 Å². The first kappa shape index (κ1) is 5.92. The Hall–Kier alpha value is -0.830. The van der Waals surface area contributed by atoms with Crippen LogP contribution in [-0.2, 0) is 9.63 Å². The van der Waals surface area contributed by atoms with E-state index in [4.69, 9.17) is 4.84 Å². The number of carbonyl (C=O) groups is 1. The third-order valence-electron chi connectivity index (χ3n) is 1.80. The summed E-state index contributed by atoms with van der Waals surface area (Å²) in [4.78, 5) is 15.9. The number of hydrogen-bond acceptors (Lipinski definition) is 2. The van der Waals surface area contributed by atoms with Crippen LogP contribution in [0.1, 0.15) is 12.8 Å². The Morgan fingerprint density at radius 2 is 2.60 bits per heavy atom. The normalized spacial score (nSPS) is 31.0. The van der Waals surface area contributed by atoms with E-state index < -0.39 is 0 Å². The van der Waals surface area contributed by atoms with Gasteiger partial charge in [0.25, 0.3) is 0 Å². The molecule has 0 radical (unpaired) electrons. The number of β-lactam (4-membered cyclic amide) rings is 1. The van der Waals surface area contributed by atoms with Gasteiger partial charge in [-0.3, -0.25) is 9.63 Å². The zero-order valence-electron chi connectivity index (χ0n) is 5.62. The predicted octanol–water partition coefficient (Wildman–Crippen LogP) is 0.479. The Bertz CT molecular complexity index is 188. The van der Waals surface area contributed by atoms with Crippen LogP contribution >= 0.6 is 0 Å². The topological polar surface area (TPSA) is 29.5 Å². The van der Waals surface area contributed by atoms with Gasteiger partial charge < -0.3 is 0 Å². The fraction of sp³-hybridized carbons (Fsp3) is 0.571. The fourth-order valence-corrected chi connectivity index (χ4v) is 1.21. The van der Waals surface area contributed by atoms with Crippen LogP contribution in [0, 0.1) is 0 Å². The van der Waals surface area contributed by atoms with Gasteiger partial charge in [0.2, 0.25) is 5.91 Å². The van der Waals surface area contributed by atoms with Gasteiger partial charge in [0.15, 0.2) is 0 Å². The zero-order valence-corrected chi connectivity index (χ0v) is 5.62. The van der Waals surface area contributed by atoms with Gasteiger partial charge in [-0.2, -0.15) is 0 Å². The van der Waals surface area contributed by atoms with Crippen molar-refractivity contribution in [2.45, 2.75) is 18.9 Å². The molecule has 1 saturated heterocycles. The summed E-state index contributed by atoms with van der Waals surface area (Å²) < 4.78 is 0. The van der Waals surface area contributed by atoms with Crippen molar-refractivity contribution in [3.05, 3.63) is 12.2 Å². The largest absolute Gasteiger partial charge is 0.272 e. The summed E-state index contributed by atoms with van der Waals surface area (Å²) in [6.07, 6.45) is 5.64. The van der Waals surface area contributed by atoms with Gasteiger partial charge in [0.1, 0.15) is 0 Å². The molecule has 1 unspecified atom stereocenters. The van der Waals surface area contributed by atoms with Gasteiger partial charge in [-0.1, -0.05) is 12.2 Å². The second kappa shape index (κ2) is 2.09. The second-order valence-corrected chi connectivity index (χ2v) is 2.54.